The lowest BCUT2D eigenvalue weighted by Crippen LogP contribution is -2.56. The Kier molecular flexibility index (Phi) is 7.57. The first kappa shape index (κ1) is 23.7. The number of benzene rings is 2. The van der Waals surface area contributed by atoms with Gasteiger partial charge < -0.3 is 19.3 Å². The minimum Gasteiger partial charge on any atom is -0.493 e. The summed E-state index contributed by atoms with van der Waals surface area (Å²) in [6.07, 6.45) is 6.27. The van der Waals surface area contributed by atoms with Crippen molar-refractivity contribution in [3.63, 3.8) is 0 Å². The first-order chi connectivity index (χ1) is 17.2. The first-order valence-corrected chi connectivity index (χ1v) is 13.5. The fourth-order valence-corrected chi connectivity index (χ4v) is 5.98. The number of amides is 1. The number of methoxy groups -OCH3 is 1. The Morgan fingerprint density at radius 1 is 1.00 bits per heavy atom. The van der Waals surface area contributed by atoms with Gasteiger partial charge in [0.15, 0.2) is 11.5 Å². The molecule has 3 aromatic rings. The van der Waals surface area contributed by atoms with E-state index in [2.05, 4.69) is 46.2 Å². The van der Waals surface area contributed by atoms with Crippen LogP contribution in [0.4, 0.5) is 5.69 Å². The zero-order valence-corrected chi connectivity index (χ0v) is 21.2. The Balaban J connectivity index is 1.35. The molecule has 1 aliphatic carbocycles. The van der Waals surface area contributed by atoms with Crippen molar-refractivity contribution in [1.29, 1.82) is 0 Å². The Bertz CT molecular complexity index is 1100. The van der Waals surface area contributed by atoms with Crippen LogP contribution in [0, 0.1) is 0 Å². The first-order valence-electron chi connectivity index (χ1n) is 12.6. The number of anilines is 1. The molecule has 0 radical (unpaired) electrons. The van der Waals surface area contributed by atoms with E-state index in [-0.39, 0.29) is 18.1 Å². The smallest absolute Gasteiger partial charge is 0.228 e. The number of thiophene rings is 1. The molecule has 2 aliphatic rings. The standard InChI is InChI=1S/C29H34N2O3S/c1-33-27-14-13-23(19-28(27)34-25-10-5-6-11-25)30-15-16-31(29(32)20-26-12-7-17-35-26)24(21-30)18-22-8-3-2-4-9-22/h2-4,7-9,12-14,17,19,24-25H,5-6,10-11,15-16,18,20-21H2,1H3. The normalized spacial score (nSPS) is 18.6. The molecule has 1 amide bonds. The number of hydrogen-bond acceptors (Lipinski definition) is 5. The van der Waals surface area contributed by atoms with Gasteiger partial charge in [-0.25, -0.2) is 0 Å². The zero-order valence-electron chi connectivity index (χ0n) is 20.4. The summed E-state index contributed by atoms with van der Waals surface area (Å²) in [6, 6.07) is 20.9. The zero-order chi connectivity index (χ0) is 24.0. The molecule has 1 aromatic heterocycles. The Labute approximate surface area is 212 Å². The third kappa shape index (κ3) is 5.81. The molecule has 1 saturated heterocycles. The Hall–Kier alpha value is -2.99. The maximum Gasteiger partial charge on any atom is 0.228 e. The van der Waals surface area contributed by atoms with Crippen LogP contribution in [0.1, 0.15) is 36.1 Å². The number of nitrogens with zero attached hydrogens (tertiary/aromatic N) is 2. The van der Waals surface area contributed by atoms with Crippen LogP contribution in [-0.4, -0.2) is 49.7 Å². The van der Waals surface area contributed by atoms with E-state index in [1.165, 1.54) is 18.4 Å². The average Bonchev–Trinajstić information content (AvgIpc) is 3.59. The van der Waals surface area contributed by atoms with Gasteiger partial charge in [-0.2, -0.15) is 0 Å². The molecule has 2 fully saturated rings. The summed E-state index contributed by atoms with van der Waals surface area (Å²) in [5.41, 5.74) is 2.38. The highest BCUT2D eigenvalue weighted by Crippen LogP contribution is 2.36. The Morgan fingerprint density at radius 2 is 1.83 bits per heavy atom. The topological polar surface area (TPSA) is 42.0 Å². The largest absolute Gasteiger partial charge is 0.493 e. The fraction of sp³-hybridized carbons (Fsp3) is 0.414. The van der Waals surface area contributed by atoms with Gasteiger partial charge in [0.05, 0.1) is 25.7 Å². The van der Waals surface area contributed by atoms with Crippen LogP contribution in [0.15, 0.2) is 66.0 Å². The van der Waals surface area contributed by atoms with Crippen molar-refractivity contribution in [3.8, 4) is 11.5 Å². The third-order valence-corrected chi connectivity index (χ3v) is 8.01. The number of rotatable bonds is 8. The summed E-state index contributed by atoms with van der Waals surface area (Å²) < 4.78 is 12.0. The van der Waals surface area contributed by atoms with E-state index in [1.54, 1.807) is 18.4 Å². The van der Waals surface area contributed by atoms with Crippen LogP contribution in [0.2, 0.25) is 0 Å². The summed E-state index contributed by atoms with van der Waals surface area (Å²) in [4.78, 5) is 18.9. The van der Waals surface area contributed by atoms with Crippen LogP contribution < -0.4 is 14.4 Å². The molecule has 1 unspecified atom stereocenters. The maximum absolute atomic E-state index is 13.3. The van der Waals surface area contributed by atoms with Gasteiger partial charge in [-0.1, -0.05) is 36.4 Å². The quantitative estimate of drug-likeness (QED) is 0.413. The lowest BCUT2D eigenvalue weighted by molar-refractivity contribution is -0.133. The van der Waals surface area contributed by atoms with E-state index in [0.29, 0.717) is 13.0 Å². The number of carbonyl (C=O) groups is 1. The molecule has 35 heavy (non-hydrogen) atoms. The van der Waals surface area contributed by atoms with Crippen molar-refractivity contribution >= 4 is 22.9 Å². The van der Waals surface area contributed by atoms with Crippen molar-refractivity contribution in [2.24, 2.45) is 0 Å². The van der Waals surface area contributed by atoms with Crippen LogP contribution in [0.25, 0.3) is 0 Å². The second-order valence-electron chi connectivity index (χ2n) is 9.49. The van der Waals surface area contributed by atoms with E-state index in [0.717, 1.165) is 54.4 Å². The summed E-state index contributed by atoms with van der Waals surface area (Å²) in [6.45, 7) is 2.31. The molecule has 5 nitrogen and oxygen atoms in total. The lowest BCUT2D eigenvalue weighted by Gasteiger charge is -2.43. The van der Waals surface area contributed by atoms with E-state index < -0.39 is 0 Å². The molecular weight excluding hydrogens is 456 g/mol. The monoisotopic (exact) mass is 490 g/mol. The third-order valence-electron chi connectivity index (χ3n) is 7.13. The van der Waals surface area contributed by atoms with E-state index in [9.17, 15) is 4.79 Å². The average molecular weight is 491 g/mol. The molecule has 0 bridgehead atoms. The molecule has 0 spiro atoms. The van der Waals surface area contributed by atoms with Gasteiger partial charge in [-0.15, -0.1) is 11.3 Å². The lowest BCUT2D eigenvalue weighted by atomic mass is 10.0. The summed E-state index contributed by atoms with van der Waals surface area (Å²) in [7, 11) is 1.70. The fourth-order valence-electron chi connectivity index (χ4n) is 5.28. The van der Waals surface area contributed by atoms with Crippen molar-refractivity contribution in [2.45, 2.75) is 50.7 Å². The summed E-state index contributed by atoms with van der Waals surface area (Å²) >= 11 is 1.65. The summed E-state index contributed by atoms with van der Waals surface area (Å²) in [5, 5.41) is 2.04. The van der Waals surface area contributed by atoms with Gasteiger partial charge >= 0.3 is 0 Å². The van der Waals surface area contributed by atoms with Gasteiger partial charge in [0.25, 0.3) is 0 Å². The number of ether oxygens (including phenoxy) is 2. The van der Waals surface area contributed by atoms with Crippen molar-refractivity contribution in [2.75, 3.05) is 31.6 Å². The molecule has 1 atom stereocenters. The molecule has 1 saturated carbocycles. The SMILES string of the molecule is COc1ccc(N2CCN(C(=O)Cc3cccs3)C(Cc3ccccc3)C2)cc1OC1CCCC1. The minimum atomic E-state index is 0.111. The van der Waals surface area contributed by atoms with Gasteiger partial charge in [-0.3, -0.25) is 4.79 Å². The van der Waals surface area contributed by atoms with Crippen LogP contribution >= 0.6 is 11.3 Å². The van der Waals surface area contributed by atoms with Crippen LogP contribution in [0.3, 0.4) is 0 Å². The predicted octanol–water partition coefficient (Wildman–Crippen LogP) is 5.58. The summed E-state index contributed by atoms with van der Waals surface area (Å²) in [5.74, 6) is 1.83. The van der Waals surface area contributed by atoms with Crippen LogP contribution in [-0.2, 0) is 17.6 Å². The van der Waals surface area contributed by atoms with Gasteiger partial charge in [-0.05, 0) is 61.2 Å². The van der Waals surface area contributed by atoms with Crippen molar-refractivity contribution < 1.29 is 14.3 Å². The molecule has 2 heterocycles. The maximum atomic E-state index is 13.3. The number of hydrogen-bond donors (Lipinski definition) is 0. The second kappa shape index (κ2) is 11.2. The molecule has 0 N–H and O–H groups in total. The molecule has 2 aromatic carbocycles. The van der Waals surface area contributed by atoms with E-state index >= 15 is 0 Å². The van der Waals surface area contributed by atoms with Gasteiger partial charge in [0.1, 0.15) is 0 Å². The number of piperazine rings is 1. The number of carbonyl (C=O) groups excluding carboxylic acids is 1. The highest BCUT2D eigenvalue weighted by atomic mass is 32.1. The van der Waals surface area contributed by atoms with Gasteiger partial charge in [0.2, 0.25) is 5.91 Å². The Morgan fingerprint density at radius 3 is 2.57 bits per heavy atom. The molecular formula is C29H34N2O3S. The molecule has 6 heteroatoms. The van der Waals surface area contributed by atoms with E-state index in [1.807, 2.05) is 29.6 Å². The van der Waals surface area contributed by atoms with Crippen molar-refractivity contribution in [3.05, 3.63) is 76.5 Å². The highest BCUT2D eigenvalue weighted by Gasteiger charge is 2.31. The minimum absolute atomic E-state index is 0.111. The molecule has 5 rings (SSSR count). The molecule has 184 valence electrons. The van der Waals surface area contributed by atoms with E-state index in [4.69, 9.17) is 9.47 Å². The van der Waals surface area contributed by atoms with Crippen LogP contribution in [0.5, 0.6) is 11.5 Å². The predicted molar refractivity (Wildman–Crippen MR) is 142 cm³/mol. The highest BCUT2D eigenvalue weighted by molar-refractivity contribution is 7.10. The molecule has 1 aliphatic heterocycles. The van der Waals surface area contributed by atoms with Gasteiger partial charge in [0, 0.05) is 36.3 Å². The second-order valence-corrected chi connectivity index (χ2v) is 10.5. The van der Waals surface area contributed by atoms with Crippen molar-refractivity contribution in [1.82, 2.24) is 4.90 Å².